The predicted molar refractivity (Wildman–Crippen MR) is 188 cm³/mol. The van der Waals surface area contributed by atoms with E-state index < -0.39 is 35.5 Å². The minimum atomic E-state index is -1.90. The molecule has 4 aromatic carbocycles. The predicted octanol–water partition coefficient (Wildman–Crippen LogP) is 7.99. The average Bonchev–Trinajstić information content (AvgIpc) is 3.39. The third kappa shape index (κ3) is 6.32. The first-order valence-corrected chi connectivity index (χ1v) is 16.7. The fourth-order valence-corrected chi connectivity index (χ4v) is 5.82. The first kappa shape index (κ1) is 33.7. The summed E-state index contributed by atoms with van der Waals surface area (Å²) in [4.78, 5) is 66.4. The van der Waals surface area contributed by atoms with Crippen molar-refractivity contribution in [2.45, 2.75) is 19.1 Å². The smallest absolute Gasteiger partial charge is 0.343 e. The Morgan fingerprint density at radius 2 is 0.804 bits per heavy atom. The second-order valence-electron chi connectivity index (χ2n) is 9.90. The average molecular weight is 878 g/mol. The van der Waals surface area contributed by atoms with Gasteiger partial charge in [0.05, 0.1) is 17.1 Å². The number of nitrogens with zero attached hydrogens (tertiary/aromatic N) is 4. The highest BCUT2D eigenvalue weighted by Gasteiger charge is 2.56. The summed E-state index contributed by atoms with van der Waals surface area (Å²) in [5, 5.41) is 10.9. The Hall–Kier alpha value is -3.69. The van der Waals surface area contributed by atoms with Crippen LogP contribution in [0.25, 0.3) is 0 Å². The zero-order valence-corrected chi connectivity index (χ0v) is 30.1. The van der Waals surface area contributed by atoms with Crippen molar-refractivity contribution in [2.75, 3.05) is 19.6 Å². The summed E-state index contributed by atoms with van der Waals surface area (Å²) < 4.78 is 3.30. The van der Waals surface area contributed by atoms with Crippen molar-refractivity contribution >= 4 is 116 Å². The molecule has 7 amide bonds. The number of urea groups is 2. The van der Waals surface area contributed by atoms with E-state index in [1.165, 1.54) is 0 Å². The molecule has 234 valence electrons. The molecule has 10 nitrogen and oxygen atoms in total. The van der Waals surface area contributed by atoms with E-state index in [4.69, 9.17) is 0 Å². The number of aliphatic hydroxyl groups is 1. The molecule has 0 aromatic heterocycles. The molecule has 0 spiro atoms. The molecule has 6 rings (SSSR count). The molecule has 0 saturated carbocycles. The standard InChI is InChI=1S/C17H14Br2N2O3.C15H8Br2N2O3/c1-2-17(24)15(22)20(13-7-3-11(18)4-8-13)16(23)21(17)14-9-5-12(19)6-10-14;16-9-1-5-11(6-2-9)18-13(20)14(21)19(15(18)22)12-7-3-10(17)4-8-12/h3-10,24H,2H2,1H3;1-8H. The number of carbonyl (C=O) groups excluding carboxylic acids is 5. The zero-order valence-electron chi connectivity index (χ0n) is 23.7. The summed E-state index contributed by atoms with van der Waals surface area (Å²) in [6.45, 7) is 1.67. The minimum absolute atomic E-state index is 0.0840. The van der Waals surface area contributed by atoms with Crippen molar-refractivity contribution in [3.63, 3.8) is 0 Å². The summed E-state index contributed by atoms with van der Waals surface area (Å²) >= 11 is 13.2. The minimum Gasteiger partial charge on any atom is -0.363 e. The fourth-order valence-electron chi connectivity index (χ4n) is 4.76. The molecule has 1 unspecified atom stereocenters. The van der Waals surface area contributed by atoms with Crippen molar-refractivity contribution in [1.29, 1.82) is 0 Å². The van der Waals surface area contributed by atoms with Crippen LogP contribution in [0.15, 0.2) is 115 Å². The number of benzene rings is 4. The van der Waals surface area contributed by atoms with Crippen molar-refractivity contribution < 1.29 is 29.1 Å². The third-order valence-corrected chi connectivity index (χ3v) is 9.22. The van der Waals surface area contributed by atoms with Gasteiger partial charge in [-0.05, 0) is 97.1 Å². The lowest BCUT2D eigenvalue weighted by molar-refractivity contribution is -0.133. The fraction of sp³-hybridized carbons (Fsp3) is 0.0938. The Morgan fingerprint density at radius 1 is 0.500 bits per heavy atom. The van der Waals surface area contributed by atoms with Gasteiger partial charge in [0.15, 0.2) is 0 Å². The van der Waals surface area contributed by atoms with Gasteiger partial charge in [0, 0.05) is 30.0 Å². The van der Waals surface area contributed by atoms with E-state index >= 15 is 0 Å². The normalized spacial score (nSPS) is 18.0. The van der Waals surface area contributed by atoms with E-state index in [-0.39, 0.29) is 6.42 Å². The van der Waals surface area contributed by atoms with E-state index in [2.05, 4.69) is 63.7 Å². The van der Waals surface area contributed by atoms with Gasteiger partial charge in [-0.25, -0.2) is 24.3 Å². The molecule has 0 bridgehead atoms. The van der Waals surface area contributed by atoms with E-state index in [9.17, 15) is 29.1 Å². The van der Waals surface area contributed by atoms with Crippen molar-refractivity contribution in [3.05, 3.63) is 115 Å². The Labute approximate surface area is 297 Å². The molecule has 14 heteroatoms. The number of carbonyl (C=O) groups is 5. The molecular weight excluding hydrogens is 856 g/mol. The number of halogens is 4. The Bertz CT molecular complexity index is 1770. The van der Waals surface area contributed by atoms with E-state index in [0.717, 1.165) is 37.5 Å². The number of amides is 7. The van der Waals surface area contributed by atoms with Crippen LogP contribution in [-0.4, -0.2) is 40.6 Å². The largest absolute Gasteiger partial charge is 0.363 e. The van der Waals surface area contributed by atoms with Crippen LogP contribution in [0.5, 0.6) is 0 Å². The molecule has 0 aliphatic carbocycles. The maximum atomic E-state index is 12.9. The Balaban J connectivity index is 0.000000182. The van der Waals surface area contributed by atoms with Gasteiger partial charge in [-0.15, -0.1) is 0 Å². The molecule has 1 N–H and O–H groups in total. The van der Waals surface area contributed by atoms with Crippen LogP contribution in [-0.2, 0) is 14.4 Å². The number of imide groups is 3. The topological polar surface area (TPSA) is 119 Å². The molecule has 1 atom stereocenters. The van der Waals surface area contributed by atoms with Crippen LogP contribution in [0.1, 0.15) is 13.3 Å². The summed E-state index contributed by atoms with van der Waals surface area (Å²) in [6, 6.07) is 25.6. The van der Waals surface area contributed by atoms with Crippen LogP contribution in [0.2, 0.25) is 0 Å². The molecule has 2 aliphatic rings. The number of anilines is 4. The number of rotatable bonds is 5. The van der Waals surface area contributed by atoms with Gasteiger partial charge in [0.2, 0.25) is 5.72 Å². The zero-order chi connectivity index (χ0) is 33.3. The van der Waals surface area contributed by atoms with Gasteiger partial charge >= 0.3 is 23.9 Å². The molecule has 2 aliphatic heterocycles. The summed E-state index contributed by atoms with van der Waals surface area (Å²) in [5.74, 6) is -2.38. The molecule has 4 aromatic rings. The van der Waals surface area contributed by atoms with Crippen LogP contribution in [0.4, 0.5) is 32.3 Å². The monoisotopic (exact) mass is 874 g/mol. The summed E-state index contributed by atoms with van der Waals surface area (Å²) in [7, 11) is 0. The third-order valence-electron chi connectivity index (χ3n) is 7.10. The van der Waals surface area contributed by atoms with Gasteiger partial charge in [-0.3, -0.25) is 19.3 Å². The van der Waals surface area contributed by atoms with Crippen molar-refractivity contribution in [1.82, 2.24) is 0 Å². The maximum Gasteiger partial charge on any atom is 0.343 e. The summed E-state index contributed by atoms with van der Waals surface area (Å²) in [6.07, 6.45) is 0.0840. The molecule has 2 heterocycles. The highest BCUT2D eigenvalue weighted by atomic mass is 79.9. The highest BCUT2D eigenvalue weighted by molar-refractivity contribution is 9.11. The van der Waals surface area contributed by atoms with Crippen LogP contribution >= 0.6 is 63.7 Å². The SMILES string of the molecule is CCC1(O)C(=O)N(c2ccc(Br)cc2)C(=O)N1c1ccc(Br)cc1.O=C1C(=O)N(c2ccc(Br)cc2)C(=O)N1c1ccc(Br)cc1. The van der Waals surface area contributed by atoms with E-state index in [0.29, 0.717) is 22.7 Å². The lowest BCUT2D eigenvalue weighted by Gasteiger charge is -2.28. The number of hydrogen-bond donors (Lipinski definition) is 1. The van der Waals surface area contributed by atoms with E-state index in [1.807, 2.05) is 0 Å². The quantitative estimate of drug-likeness (QED) is 0.161. The molecule has 2 saturated heterocycles. The van der Waals surface area contributed by atoms with Crippen molar-refractivity contribution in [2.24, 2.45) is 0 Å². The highest BCUT2D eigenvalue weighted by Crippen LogP contribution is 2.37. The molecular formula is C32H22Br4N4O6. The van der Waals surface area contributed by atoms with Gasteiger partial charge < -0.3 is 5.11 Å². The van der Waals surface area contributed by atoms with Crippen LogP contribution in [0, 0.1) is 0 Å². The van der Waals surface area contributed by atoms with Crippen molar-refractivity contribution in [3.8, 4) is 0 Å². The first-order chi connectivity index (χ1) is 21.9. The molecule has 0 radical (unpaired) electrons. The Kier molecular flexibility index (Phi) is 9.94. The van der Waals surface area contributed by atoms with Gasteiger partial charge in [0.25, 0.3) is 5.91 Å². The first-order valence-electron chi connectivity index (χ1n) is 13.5. The van der Waals surface area contributed by atoms with Crippen LogP contribution < -0.4 is 19.6 Å². The maximum absolute atomic E-state index is 12.9. The van der Waals surface area contributed by atoms with Gasteiger partial charge in [-0.2, -0.15) is 0 Å². The Morgan fingerprint density at radius 3 is 1.13 bits per heavy atom. The lowest BCUT2D eigenvalue weighted by atomic mass is 10.1. The second kappa shape index (κ2) is 13.6. The van der Waals surface area contributed by atoms with Gasteiger partial charge in [0.1, 0.15) is 0 Å². The summed E-state index contributed by atoms with van der Waals surface area (Å²) in [5.41, 5.74) is -0.324. The van der Waals surface area contributed by atoms with E-state index in [1.54, 1.807) is 104 Å². The second-order valence-corrected chi connectivity index (χ2v) is 13.6. The lowest BCUT2D eigenvalue weighted by Crippen LogP contribution is -2.49. The van der Waals surface area contributed by atoms with Gasteiger partial charge in [-0.1, -0.05) is 70.6 Å². The molecule has 2 fully saturated rings. The van der Waals surface area contributed by atoms with Crippen LogP contribution in [0.3, 0.4) is 0 Å². The number of hydrogen-bond acceptors (Lipinski definition) is 6. The molecule has 46 heavy (non-hydrogen) atoms.